The second kappa shape index (κ2) is 5.51. The molecule has 5 heteroatoms. The summed E-state index contributed by atoms with van der Waals surface area (Å²) in [5, 5.41) is 14.7. The molecule has 2 amide bonds. The van der Waals surface area contributed by atoms with Crippen LogP contribution in [0.15, 0.2) is 11.4 Å². The lowest BCUT2D eigenvalue weighted by atomic mass is 9.93. The molecule has 2 N–H and O–H groups in total. The van der Waals surface area contributed by atoms with Crippen molar-refractivity contribution in [3.8, 4) is 0 Å². The maximum Gasteiger partial charge on any atom is 0.317 e. The van der Waals surface area contributed by atoms with Crippen molar-refractivity contribution in [2.24, 2.45) is 0 Å². The van der Waals surface area contributed by atoms with Gasteiger partial charge in [-0.25, -0.2) is 4.79 Å². The SMILES string of the molecule is O=C(NC1CCC(O)CC1)N1CCc2sccc2C1. The molecule has 0 aromatic carbocycles. The Morgan fingerprint density at radius 3 is 2.95 bits per heavy atom. The highest BCUT2D eigenvalue weighted by molar-refractivity contribution is 7.10. The molecule has 4 nitrogen and oxygen atoms in total. The zero-order valence-corrected chi connectivity index (χ0v) is 11.8. The minimum absolute atomic E-state index is 0.0539. The zero-order valence-electron chi connectivity index (χ0n) is 11.0. The van der Waals surface area contributed by atoms with Crippen LogP contribution in [0.1, 0.15) is 36.1 Å². The number of urea groups is 1. The van der Waals surface area contributed by atoms with Crippen molar-refractivity contribution in [3.63, 3.8) is 0 Å². The molecular formula is C14H20N2O2S. The van der Waals surface area contributed by atoms with Crippen LogP contribution >= 0.6 is 11.3 Å². The van der Waals surface area contributed by atoms with Crippen molar-refractivity contribution in [2.75, 3.05) is 6.54 Å². The molecule has 0 atom stereocenters. The Kier molecular flexibility index (Phi) is 3.75. The number of fused-ring (bicyclic) bond motifs is 1. The number of thiophene rings is 1. The van der Waals surface area contributed by atoms with Gasteiger partial charge in [0.15, 0.2) is 0 Å². The van der Waals surface area contributed by atoms with Crippen molar-refractivity contribution in [1.29, 1.82) is 0 Å². The Balaban J connectivity index is 1.54. The minimum atomic E-state index is -0.170. The highest BCUT2D eigenvalue weighted by Crippen LogP contribution is 2.24. The topological polar surface area (TPSA) is 52.6 Å². The van der Waals surface area contributed by atoms with E-state index in [1.807, 2.05) is 4.90 Å². The molecule has 1 aromatic rings. The molecule has 0 unspecified atom stereocenters. The second-order valence-electron chi connectivity index (χ2n) is 5.50. The van der Waals surface area contributed by atoms with E-state index in [9.17, 15) is 9.90 Å². The van der Waals surface area contributed by atoms with E-state index in [1.54, 1.807) is 11.3 Å². The minimum Gasteiger partial charge on any atom is -0.393 e. The Morgan fingerprint density at radius 1 is 1.37 bits per heavy atom. The van der Waals surface area contributed by atoms with E-state index in [0.717, 1.165) is 45.2 Å². The van der Waals surface area contributed by atoms with E-state index >= 15 is 0 Å². The van der Waals surface area contributed by atoms with Gasteiger partial charge in [0.1, 0.15) is 0 Å². The van der Waals surface area contributed by atoms with Gasteiger partial charge in [-0.15, -0.1) is 11.3 Å². The summed E-state index contributed by atoms with van der Waals surface area (Å²) in [6, 6.07) is 2.41. The van der Waals surface area contributed by atoms with Crippen LogP contribution < -0.4 is 5.32 Å². The molecule has 104 valence electrons. The number of amides is 2. The van der Waals surface area contributed by atoms with E-state index in [-0.39, 0.29) is 18.2 Å². The average Bonchev–Trinajstić information content (AvgIpc) is 2.88. The normalized spacial score (nSPS) is 26.9. The Hall–Kier alpha value is -1.07. The first kappa shape index (κ1) is 12.9. The fourth-order valence-corrected chi connectivity index (χ4v) is 3.80. The van der Waals surface area contributed by atoms with Crippen LogP contribution in [0.4, 0.5) is 4.79 Å². The molecule has 0 saturated heterocycles. The van der Waals surface area contributed by atoms with Crippen molar-refractivity contribution < 1.29 is 9.90 Å². The van der Waals surface area contributed by atoms with E-state index in [1.165, 1.54) is 10.4 Å². The first-order valence-corrected chi connectivity index (χ1v) is 7.89. The van der Waals surface area contributed by atoms with Crippen LogP contribution in [0.3, 0.4) is 0 Å². The highest BCUT2D eigenvalue weighted by Gasteiger charge is 2.25. The molecule has 1 aromatic heterocycles. The summed E-state index contributed by atoms with van der Waals surface area (Å²) in [5.74, 6) is 0. The van der Waals surface area contributed by atoms with E-state index in [2.05, 4.69) is 16.8 Å². The van der Waals surface area contributed by atoms with Crippen LogP contribution in [0.5, 0.6) is 0 Å². The average molecular weight is 280 g/mol. The molecule has 1 fully saturated rings. The highest BCUT2D eigenvalue weighted by atomic mass is 32.1. The van der Waals surface area contributed by atoms with E-state index in [0.29, 0.717) is 0 Å². The number of rotatable bonds is 1. The van der Waals surface area contributed by atoms with Gasteiger partial charge in [0.25, 0.3) is 0 Å². The predicted octanol–water partition coefficient (Wildman–Crippen LogP) is 2.12. The lowest BCUT2D eigenvalue weighted by Gasteiger charge is -2.31. The quantitative estimate of drug-likeness (QED) is 0.828. The van der Waals surface area contributed by atoms with Gasteiger partial charge in [0.2, 0.25) is 0 Å². The molecule has 1 aliphatic carbocycles. The van der Waals surface area contributed by atoms with Gasteiger partial charge in [-0.1, -0.05) is 0 Å². The predicted molar refractivity (Wildman–Crippen MR) is 75.2 cm³/mol. The van der Waals surface area contributed by atoms with Crippen molar-refractivity contribution in [2.45, 2.75) is 50.8 Å². The van der Waals surface area contributed by atoms with Crippen molar-refractivity contribution in [1.82, 2.24) is 10.2 Å². The molecule has 0 spiro atoms. The third-order valence-corrected chi connectivity index (χ3v) is 5.14. The number of nitrogens with zero attached hydrogens (tertiary/aromatic N) is 1. The maximum atomic E-state index is 12.2. The first-order chi connectivity index (χ1) is 9.22. The van der Waals surface area contributed by atoms with Crippen LogP contribution in [0.2, 0.25) is 0 Å². The monoisotopic (exact) mass is 280 g/mol. The van der Waals surface area contributed by atoms with Gasteiger partial charge in [-0.05, 0) is 49.1 Å². The summed E-state index contributed by atoms with van der Waals surface area (Å²) < 4.78 is 0. The summed E-state index contributed by atoms with van der Waals surface area (Å²) >= 11 is 1.79. The lowest BCUT2D eigenvalue weighted by Crippen LogP contribution is -2.47. The van der Waals surface area contributed by atoms with E-state index in [4.69, 9.17) is 0 Å². The van der Waals surface area contributed by atoms with Crippen LogP contribution in [-0.4, -0.2) is 34.7 Å². The third kappa shape index (κ3) is 2.92. The summed E-state index contributed by atoms with van der Waals surface area (Å²) in [4.78, 5) is 15.6. The van der Waals surface area contributed by atoms with Crippen LogP contribution in [0.25, 0.3) is 0 Å². The second-order valence-corrected chi connectivity index (χ2v) is 6.50. The van der Waals surface area contributed by atoms with Crippen molar-refractivity contribution >= 4 is 17.4 Å². The number of aliphatic hydroxyl groups excluding tert-OH is 1. The fourth-order valence-electron chi connectivity index (χ4n) is 2.91. The molecule has 2 heterocycles. The number of hydrogen-bond acceptors (Lipinski definition) is 3. The Bertz CT molecular complexity index is 452. The number of carbonyl (C=O) groups excluding carboxylic acids is 1. The zero-order chi connectivity index (χ0) is 13.2. The number of carbonyl (C=O) groups is 1. The molecule has 1 aliphatic heterocycles. The third-order valence-electron chi connectivity index (χ3n) is 4.12. The molecule has 19 heavy (non-hydrogen) atoms. The van der Waals surface area contributed by atoms with Gasteiger partial charge in [-0.3, -0.25) is 0 Å². The Morgan fingerprint density at radius 2 is 2.16 bits per heavy atom. The molecule has 0 radical (unpaired) electrons. The number of nitrogens with one attached hydrogen (secondary N) is 1. The number of hydrogen-bond donors (Lipinski definition) is 2. The van der Waals surface area contributed by atoms with Gasteiger partial charge in [0.05, 0.1) is 6.10 Å². The lowest BCUT2D eigenvalue weighted by molar-refractivity contribution is 0.114. The molecule has 1 saturated carbocycles. The standard InChI is InChI=1S/C14H20N2O2S/c17-12-3-1-11(2-4-12)15-14(18)16-7-5-13-10(9-16)6-8-19-13/h6,8,11-12,17H,1-5,7,9H2,(H,15,18). The summed E-state index contributed by atoms with van der Waals surface area (Å²) in [7, 11) is 0. The molecule has 0 bridgehead atoms. The van der Waals surface area contributed by atoms with Gasteiger partial charge in [0, 0.05) is 24.0 Å². The Labute approximate surface area is 117 Å². The fraction of sp³-hybridized carbons (Fsp3) is 0.643. The summed E-state index contributed by atoms with van der Waals surface area (Å²) in [6.07, 6.45) is 4.20. The maximum absolute atomic E-state index is 12.2. The van der Waals surface area contributed by atoms with Gasteiger partial charge < -0.3 is 15.3 Å². The molecule has 3 rings (SSSR count). The molecule has 2 aliphatic rings. The van der Waals surface area contributed by atoms with Crippen LogP contribution in [-0.2, 0) is 13.0 Å². The summed E-state index contributed by atoms with van der Waals surface area (Å²) in [6.45, 7) is 1.55. The van der Waals surface area contributed by atoms with E-state index < -0.39 is 0 Å². The van der Waals surface area contributed by atoms with Gasteiger partial charge in [-0.2, -0.15) is 0 Å². The summed E-state index contributed by atoms with van der Waals surface area (Å²) in [5.41, 5.74) is 1.30. The van der Waals surface area contributed by atoms with Crippen molar-refractivity contribution in [3.05, 3.63) is 21.9 Å². The molecular weight excluding hydrogens is 260 g/mol. The van der Waals surface area contributed by atoms with Gasteiger partial charge >= 0.3 is 6.03 Å². The smallest absolute Gasteiger partial charge is 0.317 e. The number of aliphatic hydroxyl groups is 1. The van der Waals surface area contributed by atoms with Crippen LogP contribution in [0, 0.1) is 0 Å². The largest absolute Gasteiger partial charge is 0.393 e. The first-order valence-electron chi connectivity index (χ1n) is 7.01.